The van der Waals surface area contributed by atoms with Crippen LogP contribution in [0.3, 0.4) is 0 Å². The molecule has 1 heterocycles. The van der Waals surface area contributed by atoms with E-state index in [2.05, 4.69) is 5.32 Å². The highest BCUT2D eigenvalue weighted by Crippen LogP contribution is 2.21. The van der Waals surface area contributed by atoms with Gasteiger partial charge in [0.1, 0.15) is 0 Å². The Labute approximate surface area is 96.8 Å². The summed E-state index contributed by atoms with van der Waals surface area (Å²) in [5.74, 6) is 0.0298. The Hall–Kier alpha value is 0.160. The Bertz CT molecular complexity index is 300. The van der Waals surface area contributed by atoms with Gasteiger partial charge in [0, 0.05) is 12.1 Å². The summed E-state index contributed by atoms with van der Waals surface area (Å²) >= 11 is 0. The molecule has 0 aromatic heterocycles. The standard InChI is InChI=1S/C9H17NO3S.ClH/c11-9-6-14(12,13)5-8(9)10-7-3-1-2-4-7;/h7-11H,1-6H2;1H/t8-,9-;/m1./s1. The van der Waals surface area contributed by atoms with E-state index in [9.17, 15) is 13.5 Å². The van der Waals surface area contributed by atoms with Crippen LogP contribution in [0.15, 0.2) is 0 Å². The molecule has 1 saturated heterocycles. The molecule has 15 heavy (non-hydrogen) atoms. The maximum atomic E-state index is 11.2. The number of aliphatic hydroxyl groups excluding tert-OH is 1. The lowest BCUT2D eigenvalue weighted by Gasteiger charge is -2.19. The molecule has 2 aliphatic rings. The summed E-state index contributed by atoms with van der Waals surface area (Å²) < 4.78 is 22.5. The predicted octanol–water partition coefficient (Wildman–Crippen LogP) is 0.0983. The molecule has 4 nitrogen and oxygen atoms in total. The van der Waals surface area contributed by atoms with E-state index in [-0.39, 0.29) is 30.0 Å². The van der Waals surface area contributed by atoms with E-state index >= 15 is 0 Å². The van der Waals surface area contributed by atoms with Gasteiger partial charge in [-0.1, -0.05) is 12.8 Å². The van der Waals surface area contributed by atoms with Gasteiger partial charge in [-0.25, -0.2) is 8.42 Å². The van der Waals surface area contributed by atoms with Crippen molar-refractivity contribution in [1.29, 1.82) is 0 Å². The zero-order chi connectivity index (χ0) is 10.2. The monoisotopic (exact) mass is 255 g/mol. The molecule has 1 saturated carbocycles. The van der Waals surface area contributed by atoms with Gasteiger partial charge in [-0.2, -0.15) is 0 Å². The average molecular weight is 256 g/mol. The fraction of sp³-hybridized carbons (Fsp3) is 1.00. The third-order valence-corrected chi connectivity index (χ3v) is 4.84. The van der Waals surface area contributed by atoms with Crippen molar-refractivity contribution in [2.24, 2.45) is 0 Å². The summed E-state index contributed by atoms with van der Waals surface area (Å²) in [6.45, 7) is 0. The quantitative estimate of drug-likeness (QED) is 0.735. The number of nitrogens with one attached hydrogen (secondary N) is 1. The van der Waals surface area contributed by atoms with Gasteiger partial charge < -0.3 is 10.4 Å². The predicted molar refractivity (Wildman–Crippen MR) is 61.1 cm³/mol. The first-order valence-corrected chi connectivity index (χ1v) is 7.03. The maximum absolute atomic E-state index is 11.2. The smallest absolute Gasteiger partial charge is 0.154 e. The minimum atomic E-state index is -3.00. The van der Waals surface area contributed by atoms with Crippen LogP contribution >= 0.6 is 12.4 Å². The van der Waals surface area contributed by atoms with Crippen LogP contribution in [0.2, 0.25) is 0 Å². The molecular formula is C9H18ClNO3S. The minimum Gasteiger partial charge on any atom is -0.390 e. The summed E-state index contributed by atoms with van der Waals surface area (Å²) in [6.07, 6.45) is 3.95. The third-order valence-electron chi connectivity index (χ3n) is 3.13. The summed E-state index contributed by atoms with van der Waals surface area (Å²) in [6, 6.07) is 0.186. The summed E-state index contributed by atoms with van der Waals surface area (Å²) in [5, 5.41) is 12.8. The second-order valence-electron chi connectivity index (χ2n) is 4.40. The van der Waals surface area contributed by atoms with Crippen molar-refractivity contribution in [3.8, 4) is 0 Å². The second kappa shape index (κ2) is 4.99. The van der Waals surface area contributed by atoms with Crippen LogP contribution in [0.1, 0.15) is 25.7 Å². The van der Waals surface area contributed by atoms with Crippen LogP contribution in [0.4, 0.5) is 0 Å². The first kappa shape index (κ1) is 13.2. The summed E-state index contributed by atoms with van der Waals surface area (Å²) in [7, 11) is -3.00. The Morgan fingerprint density at radius 1 is 1.13 bits per heavy atom. The molecule has 2 atom stereocenters. The first-order valence-electron chi connectivity index (χ1n) is 5.21. The number of aliphatic hydroxyl groups is 1. The van der Waals surface area contributed by atoms with Gasteiger partial charge in [-0.15, -0.1) is 12.4 Å². The van der Waals surface area contributed by atoms with E-state index < -0.39 is 15.9 Å². The Balaban J connectivity index is 0.00000112. The topological polar surface area (TPSA) is 66.4 Å². The van der Waals surface area contributed by atoms with Gasteiger partial charge >= 0.3 is 0 Å². The number of hydrogen-bond donors (Lipinski definition) is 2. The molecule has 0 aromatic carbocycles. The van der Waals surface area contributed by atoms with Crippen LogP contribution < -0.4 is 5.32 Å². The van der Waals surface area contributed by atoms with Crippen molar-refractivity contribution in [2.75, 3.05) is 11.5 Å². The van der Waals surface area contributed by atoms with Gasteiger partial charge in [-0.3, -0.25) is 0 Å². The fourth-order valence-corrected chi connectivity index (χ4v) is 4.14. The number of hydrogen-bond acceptors (Lipinski definition) is 4. The first-order chi connectivity index (χ1) is 6.57. The molecule has 2 N–H and O–H groups in total. The third kappa shape index (κ3) is 3.31. The molecule has 0 aromatic rings. The molecule has 2 rings (SSSR count). The van der Waals surface area contributed by atoms with Crippen LogP contribution in [0, 0.1) is 0 Å². The van der Waals surface area contributed by atoms with E-state index in [4.69, 9.17) is 0 Å². The Morgan fingerprint density at radius 2 is 1.73 bits per heavy atom. The zero-order valence-electron chi connectivity index (χ0n) is 8.55. The highest BCUT2D eigenvalue weighted by atomic mass is 35.5. The van der Waals surface area contributed by atoms with E-state index in [1.54, 1.807) is 0 Å². The lowest BCUT2D eigenvalue weighted by atomic mass is 10.1. The second-order valence-corrected chi connectivity index (χ2v) is 6.55. The van der Waals surface area contributed by atoms with Crippen molar-refractivity contribution >= 4 is 22.2 Å². The van der Waals surface area contributed by atoms with Gasteiger partial charge in [-0.05, 0) is 12.8 Å². The lowest BCUT2D eigenvalue weighted by Crippen LogP contribution is -2.43. The van der Waals surface area contributed by atoms with Crippen molar-refractivity contribution in [2.45, 2.75) is 43.9 Å². The molecule has 0 bridgehead atoms. The molecule has 0 amide bonds. The normalized spacial score (nSPS) is 35.3. The van der Waals surface area contributed by atoms with Crippen molar-refractivity contribution in [1.82, 2.24) is 5.32 Å². The van der Waals surface area contributed by atoms with Crippen LogP contribution in [0.25, 0.3) is 0 Å². The van der Waals surface area contributed by atoms with Gasteiger partial charge in [0.15, 0.2) is 9.84 Å². The summed E-state index contributed by atoms with van der Waals surface area (Å²) in [5.41, 5.74) is 0. The van der Waals surface area contributed by atoms with Crippen LogP contribution in [-0.4, -0.2) is 43.2 Å². The molecular weight excluding hydrogens is 238 g/mol. The molecule has 1 aliphatic carbocycles. The number of rotatable bonds is 2. The molecule has 2 fully saturated rings. The van der Waals surface area contributed by atoms with E-state index in [0.717, 1.165) is 12.8 Å². The molecule has 0 unspecified atom stereocenters. The van der Waals surface area contributed by atoms with Crippen LogP contribution in [-0.2, 0) is 9.84 Å². The van der Waals surface area contributed by atoms with Crippen molar-refractivity contribution in [3.05, 3.63) is 0 Å². The minimum absolute atomic E-state index is 0. The fourth-order valence-electron chi connectivity index (χ4n) is 2.38. The van der Waals surface area contributed by atoms with Gasteiger partial charge in [0.2, 0.25) is 0 Å². The van der Waals surface area contributed by atoms with E-state index in [0.29, 0.717) is 6.04 Å². The Kier molecular flexibility index (Phi) is 4.40. The molecule has 1 aliphatic heterocycles. The zero-order valence-corrected chi connectivity index (χ0v) is 10.2. The van der Waals surface area contributed by atoms with Crippen molar-refractivity contribution in [3.63, 3.8) is 0 Å². The van der Waals surface area contributed by atoms with Gasteiger partial charge in [0.25, 0.3) is 0 Å². The molecule has 6 heteroatoms. The molecule has 0 radical (unpaired) electrons. The number of halogens is 1. The lowest BCUT2D eigenvalue weighted by molar-refractivity contribution is 0.159. The highest BCUT2D eigenvalue weighted by Gasteiger charge is 2.37. The SMILES string of the molecule is Cl.O=S1(=O)C[C@@H](O)[C@H](NC2CCCC2)C1. The van der Waals surface area contributed by atoms with Crippen LogP contribution in [0.5, 0.6) is 0 Å². The highest BCUT2D eigenvalue weighted by molar-refractivity contribution is 7.91. The largest absolute Gasteiger partial charge is 0.390 e. The average Bonchev–Trinajstić information content (AvgIpc) is 2.61. The molecule has 90 valence electrons. The summed E-state index contributed by atoms with van der Waals surface area (Å²) in [4.78, 5) is 0. The van der Waals surface area contributed by atoms with E-state index in [1.165, 1.54) is 12.8 Å². The van der Waals surface area contributed by atoms with Gasteiger partial charge in [0.05, 0.1) is 17.6 Å². The van der Waals surface area contributed by atoms with E-state index in [1.807, 2.05) is 0 Å². The Morgan fingerprint density at radius 3 is 2.20 bits per heavy atom. The number of sulfone groups is 1. The molecule has 0 spiro atoms. The van der Waals surface area contributed by atoms with Crippen molar-refractivity contribution < 1.29 is 13.5 Å². The maximum Gasteiger partial charge on any atom is 0.154 e.